The minimum absolute atomic E-state index is 0.195. The maximum atomic E-state index is 11.2. The fourth-order valence-electron chi connectivity index (χ4n) is 1.87. The molecule has 0 atom stereocenters. The van der Waals surface area contributed by atoms with Crippen LogP contribution in [0.1, 0.15) is 27.3 Å². The summed E-state index contributed by atoms with van der Waals surface area (Å²) in [6.07, 6.45) is 0. The molecule has 0 radical (unpaired) electrons. The molecular weight excluding hydrogens is 352 g/mol. The van der Waals surface area contributed by atoms with Crippen LogP contribution in [0, 0.1) is 25.2 Å². The Bertz CT molecular complexity index is 769. The molecule has 1 N–H and O–H groups in total. The average Bonchev–Trinajstić information content (AvgIpc) is 2.40. The highest BCUT2D eigenvalue weighted by Gasteiger charge is 2.13. The Kier molecular flexibility index (Phi) is 4.66. The summed E-state index contributed by atoms with van der Waals surface area (Å²) in [5, 5.41) is 18.4. The fraction of sp³-hybridized carbons (Fsp3) is 0.133. The fourth-order valence-corrected chi connectivity index (χ4v) is 3.38. The second-order valence-electron chi connectivity index (χ2n) is 4.38. The molecule has 21 heavy (non-hydrogen) atoms. The minimum atomic E-state index is -0.994. The number of rotatable bonds is 3. The highest BCUT2D eigenvalue weighted by molar-refractivity contribution is 9.10. The number of nitriles is 1. The molecule has 0 spiro atoms. The Morgan fingerprint density at radius 1 is 1.38 bits per heavy atom. The Morgan fingerprint density at radius 2 is 2.10 bits per heavy atom. The monoisotopic (exact) mass is 362 g/mol. The van der Waals surface area contributed by atoms with Gasteiger partial charge in [-0.05, 0) is 54.0 Å². The van der Waals surface area contributed by atoms with Crippen molar-refractivity contribution in [2.24, 2.45) is 0 Å². The molecule has 2 rings (SSSR count). The zero-order chi connectivity index (χ0) is 15.6. The Hall–Kier alpha value is -1.84. The molecule has 0 aliphatic carbocycles. The van der Waals surface area contributed by atoms with Crippen molar-refractivity contribution in [2.45, 2.75) is 23.6 Å². The smallest absolute Gasteiger partial charge is 0.336 e. The number of benzene rings is 1. The van der Waals surface area contributed by atoms with E-state index in [0.717, 1.165) is 15.5 Å². The molecule has 4 nitrogen and oxygen atoms in total. The van der Waals surface area contributed by atoms with Crippen molar-refractivity contribution in [3.8, 4) is 6.07 Å². The first-order valence-electron chi connectivity index (χ1n) is 6.01. The number of carbonyl (C=O) groups is 1. The number of carboxylic acids is 1. The van der Waals surface area contributed by atoms with Gasteiger partial charge in [-0.3, -0.25) is 4.98 Å². The lowest BCUT2D eigenvalue weighted by molar-refractivity contribution is 0.0695. The van der Waals surface area contributed by atoms with Gasteiger partial charge in [0.15, 0.2) is 0 Å². The van der Waals surface area contributed by atoms with Crippen LogP contribution in [0.4, 0.5) is 0 Å². The zero-order valence-electron chi connectivity index (χ0n) is 11.3. The van der Waals surface area contributed by atoms with E-state index in [2.05, 4.69) is 27.0 Å². The average molecular weight is 363 g/mol. The van der Waals surface area contributed by atoms with Crippen molar-refractivity contribution in [1.82, 2.24) is 4.98 Å². The van der Waals surface area contributed by atoms with E-state index in [9.17, 15) is 10.1 Å². The van der Waals surface area contributed by atoms with Crippen LogP contribution in [0.25, 0.3) is 0 Å². The van der Waals surface area contributed by atoms with Crippen molar-refractivity contribution in [3.05, 3.63) is 51.3 Å². The second kappa shape index (κ2) is 6.29. The van der Waals surface area contributed by atoms with Gasteiger partial charge in [0, 0.05) is 20.0 Å². The molecule has 0 saturated carbocycles. The molecule has 1 aromatic carbocycles. The van der Waals surface area contributed by atoms with Crippen LogP contribution in [0.2, 0.25) is 0 Å². The topological polar surface area (TPSA) is 74.0 Å². The van der Waals surface area contributed by atoms with Gasteiger partial charge in [0.05, 0.1) is 16.8 Å². The Morgan fingerprint density at radius 3 is 2.71 bits per heavy atom. The van der Waals surface area contributed by atoms with Crippen molar-refractivity contribution < 1.29 is 9.90 Å². The second-order valence-corrected chi connectivity index (χ2v) is 6.35. The lowest BCUT2D eigenvalue weighted by Gasteiger charge is -2.09. The Labute approximate surface area is 135 Å². The van der Waals surface area contributed by atoms with Crippen LogP contribution in [0.3, 0.4) is 0 Å². The van der Waals surface area contributed by atoms with Gasteiger partial charge in [0.2, 0.25) is 0 Å². The first kappa shape index (κ1) is 15.5. The quantitative estimate of drug-likeness (QED) is 0.886. The lowest BCUT2D eigenvalue weighted by Crippen LogP contribution is -1.98. The van der Waals surface area contributed by atoms with E-state index in [1.165, 1.54) is 11.8 Å². The van der Waals surface area contributed by atoms with Crippen molar-refractivity contribution in [1.29, 1.82) is 5.26 Å². The molecule has 0 fully saturated rings. The van der Waals surface area contributed by atoms with Gasteiger partial charge < -0.3 is 5.11 Å². The molecule has 106 valence electrons. The summed E-state index contributed by atoms with van der Waals surface area (Å²) in [7, 11) is 0. The normalized spacial score (nSPS) is 10.2. The van der Waals surface area contributed by atoms with E-state index in [1.807, 2.05) is 19.1 Å². The molecule has 0 bridgehead atoms. The number of nitrogens with zero attached hydrogens (tertiary/aromatic N) is 2. The number of aryl methyl sites for hydroxylation is 2. The van der Waals surface area contributed by atoms with Gasteiger partial charge in [0.1, 0.15) is 6.07 Å². The van der Waals surface area contributed by atoms with Gasteiger partial charge in [-0.1, -0.05) is 11.8 Å². The molecule has 1 aromatic heterocycles. The molecule has 0 amide bonds. The van der Waals surface area contributed by atoms with Crippen LogP contribution < -0.4 is 0 Å². The van der Waals surface area contributed by atoms with E-state index in [1.54, 1.807) is 19.1 Å². The van der Waals surface area contributed by atoms with E-state index in [4.69, 9.17) is 5.11 Å². The third-order valence-corrected chi connectivity index (χ3v) is 4.52. The minimum Gasteiger partial charge on any atom is -0.478 e. The number of pyridine rings is 1. The number of carboxylic acid groups (broad SMARTS) is 1. The lowest BCUT2D eigenvalue weighted by atomic mass is 10.2. The number of hydrogen-bond acceptors (Lipinski definition) is 4. The third kappa shape index (κ3) is 3.43. The molecule has 2 aromatic rings. The van der Waals surface area contributed by atoms with Crippen LogP contribution in [-0.2, 0) is 0 Å². The first-order chi connectivity index (χ1) is 9.92. The summed E-state index contributed by atoms with van der Waals surface area (Å²) < 4.78 is 0.530. The maximum Gasteiger partial charge on any atom is 0.336 e. The number of halogens is 1. The highest BCUT2D eigenvalue weighted by atomic mass is 79.9. The molecular formula is C15H11BrN2O2S. The Balaban J connectivity index is 2.46. The molecule has 1 heterocycles. The van der Waals surface area contributed by atoms with E-state index < -0.39 is 5.97 Å². The largest absolute Gasteiger partial charge is 0.478 e. The third-order valence-electron chi connectivity index (χ3n) is 2.80. The van der Waals surface area contributed by atoms with Crippen LogP contribution in [0.5, 0.6) is 0 Å². The summed E-state index contributed by atoms with van der Waals surface area (Å²) in [5.74, 6) is -0.994. The summed E-state index contributed by atoms with van der Waals surface area (Å²) in [6, 6.07) is 9.08. The summed E-state index contributed by atoms with van der Waals surface area (Å²) in [6.45, 7) is 3.66. The van der Waals surface area contributed by atoms with Gasteiger partial charge >= 0.3 is 5.97 Å². The van der Waals surface area contributed by atoms with Crippen LogP contribution in [-0.4, -0.2) is 16.1 Å². The van der Waals surface area contributed by atoms with Crippen molar-refractivity contribution in [3.63, 3.8) is 0 Å². The van der Waals surface area contributed by atoms with Crippen molar-refractivity contribution in [2.75, 3.05) is 0 Å². The SMILES string of the molecule is Cc1cc(Sc2ccc(Br)c(C(=O)O)c2)c(C#N)c(C)n1. The predicted molar refractivity (Wildman–Crippen MR) is 83.7 cm³/mol. The van der Waals surface area contributed by atoms with E-state index in [0.29, 0.717) is 15.7 Å². The molecule has 0 unspecified atom stereocenters. The standard InChI is InChI=1S/C15H11BrN2O2S/c1-8-5-14(12(7-17)9(2)18-8)21-10-3-4-13(16)11(6-10)15(19)20/h3-6H,1-2H3,(H,19,20). The van der Waals surface area contributed by atoms with E-state index in [-0.39, 0.29) is 5.56 Å². The van der Waals surface area contributed by atoms with Crippen molar-refractivity contribution >= 4 is 33.7 Å². The van der Waals surface area contributed by atoms with Crippen LogP contribution >= 0.6 is 27.7 Å². The summed E-state index contributed by atoms with van der Waals surface area (Å²) in [4.78, 5) is 17.0. The van der Waals surface area contributed by atoms with Gasteiger partial charge in [-0.15, -0.1) is 0 Å². The number of aromatic carboxylic acids is 1. The molecule has 0 aliphatic heterocycles. The number of aromatic nitrogens is 1. The van der Waals surface area contributed by atoms with Gasteiger partial charge in [-0.25, -0.2) is 4.79 Å². The first-order valence-corrected chi connectivity index (χ1v) is 7.62. The molecule has 0 saturated heterocycles. The van der Waals surface area contributed by atoms with Gasteiger partial charge in [-0.2, -0.15) is 5.26 Å². The summed E-state index contributed by atoms with van der Waals surface area (Å²) >= 11 is 4.58. The van der Waals surface area contributed by atoms with Gasteiger partial charge in [0.25, 0.3) is 0 Å². The maximum absolute atomic E-state index is 11.2. The number of hydrogen-bond donors (Lipinski definition) is 1. The summed E-state index contributed by atoms with van der Waals surface area (Å²) in [5.41, 5.74) is 2.21. The highest BCUT2D eigenvalue weighted by Crippen LogP contribution is 2.33. The van der Waals surface area contributed by atoms with E-state index >= 15 is 0 Å². The van der Waals surface area contributed by atoms with Crippen LogP contribution in [0.15, 0.2) is 38.5 Å². The zero-order valence-corrected chi connectivity index (χ0v) is 13.7. The molecule has 0 aliphatic rings. The molecule has 6 heteroatoms. The predicted octanol–water partition coefficient (Wildman–Crippen LogP) is 4.18.